The van der Waals surface area contributed by atoms with E-state index in [1.807, 2.05) is 0 Å². The van der Waals surface area contributed by atoms with Gasteiger partial charge >= 0.3 is 12.7 Å². The van der Waals surface area contributed by atoms with Crippen molar-refractivity contribution in [3.8, 4) is 17.6 Å². The molecule has 0 aliphatic carbocycles. The maximum absolute atomic E-state index is 13.5. The van der Waals surface area contributed by atoms with Gasteiger partial charge in [0.1, 0.15) is 17.2 Å². The number of nitrogens with one attached hydrogen (secondary N) is 1. The molecule has 38 heavy (non-hydrogen) atoms. The molecule has 2 amide bonds. The van der Waals surface area contributed by atoms with Crippen molar-refractivity contribution in [2.45, 2.75) is 64.5 Å². The molecule has 2 aromatic carbocycles. The Morgan fingerprint density at radius 2 is 2.05 bits per heavy atom. The fourth-order valence-corrected chi connectivity index (χ4v) is 4.90. The van der Waals surface area contributed by atoms with E-state index >= 15 is 0 Å². The van der Waals surface area contributed by atoms with E-state index in [2.05, 4.69) is 22.1 Å². The standard InChI is InChI=1S/C28H28F2N4O4/c1-15(31-27(36)38-28(2,3)4)9-10-16-11-12-18-19(13-16)34-20-14-21(24(34)32-18)33(5)25(35)17-7-6-8-22(23(17)20)37-26(29)30/h6-8,11-13,15,20-21,26H,14H2,1-5H3,(H,31,36)/t15-,20-,21-/m1/s1/i5D3. The Morgan fingerprint density at radius 3 is 2.76 bits per heavy atom. The highest BCUT2D eigenvalue weighted by Crippen LogP contribution is 2.49. The molecule has 1 N–H and O–H groups in total. The Hall–Kier alpha value is -4.13. The van der Waals surface area contributed by atoms with Gasteiger partial charge in [0.15, 0.2) is 0 Å². The highest BCUT2D eigenvalue weighted by atomic mass is 19.3. The fourth-order valence-electron chi connectivity index (χ4n) is 4.90. The molecule has 0 radical (unpaired) electrons. The number of rotatable bonds is 3. The van der Waals surface area contributed by atoms with Gasteiger partial charge in [-0.15, -0.1) is 0 Å². The minimum absolute atomic E-state index is 0.0164. The van der Waals surface area contributed by atoms with E-state index in [1.165, 1.54) is 18.2 Å². The number of nitrogens with zero attached hydrogens (tertiary/aromatic N) is 3. The highest BCUT2D eigenvalue weighted by Gasteiger charge is 2.45. The van der Waals surface area contributed by atoms with Crippen LogP contribution in [0.5, 0.6) is 5.75 Å². The molecule has 8 nitrogen and oxygen atoms in total. The number of alkyl halides is 2. The lowest BCUT2D eigenvalue weighted by atomic mass is 9.97. The van der Waals surface area contributed by atoms with Crippen LogP contribution in [0.3, 0.4) is 0 Å². The zero-order chi connectivity index (χ0) is 29.9. The van der Waals surface area contributed by atoms with Gasteiger partial charge in [-0.25, -0.2) is 9.78 Å². The van der Waals surface area contributed by atoms with E-state index in [0.29, 0.717) is 22.4 Å². The first kappa shape index (κ1) is 21.9. The predicted octanol–water partition coefficient (Wildman–Crippen LogP) is 5.02. The maximum Gasteiger partial charge on any atom is 0.408 e. The van der Waals surface area contributed by atoms with Crippen LogP contribution in [-0.2, 0) is 4.74 Å². The third kappa shape index (κ3) is 4.64. The first-order valence-electron chi connectivity index (χ1n) is 13.6. The van der Waals surface area contributed by atoms with Crippen molar-refractivity contribution < 1.29 is 32.0 Å². The number of fused-ring (bicyclic) bond motifs is 9. The van der Waals surface area contributed by atoms with Crippen LogP contribution in [0, 0.1) is 11.8 Å². The average Bonchev–Trinajstić information content (AvgIpc) is 3.33. The number of hydrogen-bond donors (Lipinski definition) is 1. The van der Waals surface area contributed by atoms with Crippen LogP contribution in [0.25, 0.3) is 11.0 Å². The van der Waals surface area contributed by atoms with Crippen LogP contribution in [0.1, 0.15) is 77.6 Å². The summed E-state index contributed by atoms with van der Waals surface area (Å²) in [6, 6.07) is 7.20. The molecule has 2 aliphatic heterocycles. The van der Waals surface area contributed by atoms with Gasteiger partial charge in [-0.05, 0) is 58.0 Å². The molecular formula is C28H28F2N4O4. The summed E-state index contributed by atoms with van der Waals surface area (Å²) in [5.74, 6) is 5.30. The molecule has 0 saturated heterocycles. The van der Waals surface area contributed by atoms with Gasteiger partial charge in [-0.1, -0.05) is 17.9 Å². The first-order chi connectivity index (χ1) is 19.1. The third-order valence-electron chi connectivity index (χ3n) is 6.32. The monoisotopic (exact) mass is 525 g/mol. The Kier molecular flexibility index (Phi) is 5.37. The van der Waals surface area contributed by atoms with Gasteiger partial charge < -0.3 is 24.3 Å². The molecule has 3 aromatic rings. The molecule has 2 aliphatic rings. The van der Waals surface area contributed by atoms with Crippen LogP contribution in [-0.4, -0.2) is 51.7 Å². The highest BCUT2D eigenvalue weighted by molar-refractivity contribution is 5.97. The van der Waals surface area contributed by atoms with Gasteiger partial charge in [-0.2, -0.15) is 8.78 Å². The van der Waals surface area contributed by atoms with Crippen molar-refractivity contribution in [1.29, 1.82) is 0 Å². The summed E-state index contributed by atoms with van der Waals surface area (Å²) in [5.41, 5.74) is 1.20. The molecule has 0 spiro atoms. The number of alkyl carbamates (subject to hydrolysis) is 1. The van der Waals surface area contributed by atoms with E-state index in [1.54, 1.807) is 50.5 Å². The van der Waals surface area contributed by atoms with Crippen molar-refractivity contribution in [2.75, 3.05) is 6.98 Å². The lowest BCUT2D eigenvalue weighted by molar-refractivity contribution is -0.0507. The van der Waals surface area contributed by atoms with Crippen molar-refractivity contribution in [2.24, 2.45) is 0 Å². The molecule has 10 heteroatoms. The van der Waals surface area contributed by atoms with E-state index in [0.717, 1.165) is 4.90 Å². The molecule has 1 aromatic heterocycles. The smallest absolute Gasteiger partial charge is 0.408 e. The number of carbonyl (C=O) groups is 2. The Morgan fingerprint density at radius 1 is 1.26 bits per heavy atom. The van der Waals surface area contributed by atoms with Crippen LogP contribution >= 0.6 is 0 Å². The van der Waals surface area contributed by atoms with Crippen LogP contribution in [0.4, 0.5) is 13.6 Å². The van der Waals surface area contributed by atoms with Crippen LogP contribution in [0.15, 0.2) is 36.4 Å². The van der Waals surface area contributed by atoms with Gasteiger partial charge in [0.25, 0.3) is 5.91 Å². The van der Waals surface area contributed by atoms with Gasteiger partial charge in [0.05, 0.1) is 29.2 Å². The summed E-state index contributed by atoms with van der Waals surface area (Å²) >= 11 is 0. The molecule has 0 saturated carbocycles. The van der Waals surface area contributed by atoms with E-state index < -0.39 is 49.3 Å². The Bertz CT molecular complexity index is 1600. The minimum Gasteiger partial charge on any atom is -0.444 e. The largest absolute Gasteiger partial charge is 0.444 e. The summed E-state index contributed by atoms with van der Waals surface area (Å²) in [6.07, 6.45) is -0.480. The predicted molar refractivity (Wildman–Crippen MR) is 136 cm³/mol. The zero-order valence-corrected chi connectivity index (χ0v) is 21.2. The van der Waals surface area contributed by atoms with E-state index in [4.69, 9.17) is 13.6 Å². The molecule has 5 rings (SSSR count). The molecule has 3 atom stereocenters. The molecule has 0 fully saturated rings. The lowest BCUT2D eigenvalue weighted by Crippen LogP contribution is -2.37. The van der Waals surface area contributed by atoms with E-state index in [-0.39, 0.29) is 23.3 Å². The second kappa shape index (κ2) is 9.31. The second-order valence-electron chi connectivity index (χ2n) is 10.2. The van der Waals surface area contributed by atoms with E-state index in [9.17, 15) is 18.4 Å². The van der Waals surface area contributed by atoms with Crippen molar-refractivity contribution in [1.82, 2.24) is 19.8 Å². The number of ether oxygens (including phenoxy) is 2. The molecular weight excluding hydrogens is 494 g/mol. The number of carbonyl (C=O) groups excluding carboxylic acids is 2. The lowest BCUT2D eigenvalue weighted by Gasteiger charge is -2.24. The number of benzene rings is 2. The second-order valence-corrected chi connectivity index (χ2v) is 10.2. The first-order valence-corrected chi connectivity index (χ1v) is 12.1. The summed E-state index contributed by atoms with van der Waals surface area (Å²) in [6.45, 7) is 1.02. The third-order valence-corrected chi connectivity index (χ3v) is 6.32. The molecule has 2 bridgehead atoms. The SMILES string of the molecule is [2H]C([2H])([2H])N1C(=O)c2cccc(OC(F)F)c2[C@H]2C[C@@H]1c1nc3ccc(C#C[C@@H](C)NC(=O)OC(C)(C)C)cc3n12. The maximum atomic E-state index is 13.5. The van der Waals surface area contributed by atoms with Crippen LogP contribution in [0.2, 0.25) is 0 Å². The zero-order valence-electron chi connectivity index (χ0n) is 24.2. The Labute approximate surface area is 223 Å². The topological polar surface area (TPSA) is 85.7 Å². The Balaban J connectivity index is 1.59. The van der Waals surface area contributed by atoms with Crippen molar-refractivity contribution in [3.05, 3.63) is 58.9 Å². The minimum atomic E-state index is -3.15. The van der Waals surface area contributed by atoms with Gasteiger partial charge in [-0.3, -0.25) is 4.79 Å². The number of amides is 2. The summed E-state index contributed by atoms with van der Waals surface area (Å²) < 4.78 is 62.9. The number of aromatic nitrogens is 2. The van der Waals surface area contributed by atoms with Crippen LogP contribution < -0.4 is 10.1 Å². The normalized spacial score (nSPS) is 20.3. The van der Waals surface area contributed by atoms with Gasteiger partial charge in [0, 0.05) is 34.2 Å². The molecule has 3 heterocycles. The average molecular weight is 526 g/mol. The molecule has 0 unspecified atom stereocenters. The number of imidazole rings is 1. The quantitative estimate of drug-likeness (QED) is 0.486. The molecule has 198 valence electrons. The summed E-state index contributed by atoms with van der Waals surface area (Å²) in [5, 5.41) is 2.66. The van der Waals surface area contributed by atoms with Crippen molar-refractivity contribution in [3.63, 3.8) is 0 Å². The summed E-state index contributed by atoms with van der Waals surface area (Å²) in [4.78, 5) is 31.0. The fraction of sp³-hybridized carbons (Fsp3) is 0.393. The number of hydrogen-bond acceptors (Lipinski definition) is 5. The number of halogens is 2. The summed E-state index contributed by atoms with van der Waals surface area (Å²) in [7, 11) is 0. The van der Waals surface area contributed by atoms with Gasteiger partial charge in [0.2, 0.25) is 0 Å². The van der Waals surface area contributed by atoms with Crippen molar-refractivity contribution >= 4 is 23.0 Å².